The van der Waals surface area contributed by atoms with Gasteiger partial charge in [-0.2, -0.15) is 0 Å². The van der Waals surface area contributed by atoms with E-state index in [4.69, 9.17) is 0 Å². The minimum Gasteiger partial charge on any atom is -0.310 e. The lowest BCUT2D eigenvalue weighted by molar-refractivity contribution is 0.577. The second-order valence-electron chi connectivity index (χ2n) is 5.88. The molecule has 0 spiro atoms. The lowest BCUT2D eigenvalue weighted by atomic mass is 10.0. The molecule has 1 atom stereocenters. The Balaban J connectivity index is 1.72. The maximum absolute atomic E-state index is 12.0. The normalized spacial score (nSPS) is 12.6. The maximum Gasteiger partial charge on any atom is 0.258 e. The third-order valence-corrected chi connectivity index (χ3v) is 4.02. The summed E-state index contributed by atoms with van der Waals surface area (Å²) in [5.74, 6) is 1.10. The van der Waals surface area contributed by atoms with Crippen molar-refractivity contribution in [1.29, 1.82) is 0 Å². The second-order valence-corrected chi connectivity index (χ2v) is 5.88. The van der Waals surface area contributed by atoms with Gasteiger partial charge in [-0.3, -0.25) is 9.48 Å². The van der Waals surface area contributed by atoms with Crippen LogP contribution in [0.4, 0.5) is 0 Å². The third kappa shape index (κ3) is 3.47. The van der Waals surface area contributed by atoms with Crippen molar-refractivity contribution in [3.05, 3.63) is 52.3 Å². The van der Waals surface area contributed by atoms with Gasteiger partial charge in [-0.05, 0) is 18.6 Å². The number of aromatic nitrogens is 5. The van der Waals surface area contributed by atoms with Crippen molar-refractivity contribution in [2.45, 2.75) is 45.6 Å². The van der Waals surface area contributed by atoms with E-state index in [1.807, 2.05) is 29.1 Å². The molecule has 3 rings (SSSR count). The van der Waals surface area contributed by atoms with Crippen LogP contribution >= 0.6 is 0 Å². The molecule has 2 aromatic heterocycles. The van der Waals surface area contributed by atoms with Gasteiger partial charge in [-0.1, -0.05) is 37.6 Å². The van der Waals surface area contributed by atoms with Gasteiger partial charge < -0.3 is 4.98 Å². The zero-order valence-corrected chi connectivity index (χ0v) is 13.5. The number of hydrogen-bond acceptors (Lipinski definition) is 4. The van der Waals surface area contributed by atoms with E-state index < -0.39 is 0 Å². The minimum atomic E-state index is -0.0959. The van der Waals surface area contributed by atoms with E-state index >= 15 is 0 Å². The monoisotopic (exact) mass is 311 g/mol. The lowest BCUT2D eigenvalue weighted by Gasteiger charge is -2.04. The van der Waals surface area contributed by atoms with Crippen LogP contribution in [0, 0.1) is 0 Å². The van der Waals surface area contributed by atoms with E-state index in [2.05, 4.69) is 34.1 Å². The fourth-order valence-electron chi connectivity index (χ4n) is 2.70. The van der Waals surface area contributed by atoms with Gasteiger partial charge in [-0.25, -0.2) is 4.98 Å². The molecule has 0 saturated carbocycles. The first-order valence-electron chi connectivity index (χ1n) is 8.05. The van der Waals surface area contributed by atoms with E-state index in [1.165, 1.54) is 0 Å². The summed E-state index contributed by atoms with van der Waals surface area (Å²) in [5.41, 5.74) is 1.65. The number of fused-ring (bicyclic) bond motifs is 1. The Labute approximate surface area is 134 Å². The van der Waals surface area contributed by atoms with Crippen LogP contribution in [0.5, 0.6) is 0 Å². The maximum atomic E-state index is 12.0. The average Bonchev–Trinajstić information content (AvgIpc) is 3.02. The van der Waals surface area contributed by atoms with Crippen molar-refractivity contribution >= 4 is 10.9 Å². The number of aromatic amines is 1. The van der Waals surface area contributed by atoms with Crippen LogP contribution in [0.3, 0.4) is 0 Å². The molecule has 0 bridgehead atoms. The molecule has 0 saturated heterocycles. The first-order valence-corrected chi connectivity index (χ1v) is 8.05. The molecular formula is C17H21N5O. The smallest absolute Gasteiger partial charge is 0.258 e. The van der Waals surface area contributed by atoms with Crippen molar-refractivity contribution in [1.82, 2.24) is 25.0 Å². The summed E-state index contributed by atoms with van der Waals surface area (Å²) in [6.07, 6.45) is 4.85. The SMILES string of the molecule is CCC[C@@H](C)c1cn(CCc2nc3ccccc3c(=O)[nH]2)nn1. The van der Waals surface area contributed by atoms with Gasteiger partial charge in [0, 0.05) is 25.1 Å². The Hall–Kier alpha value is -2.50. The highest BCUT2D eigenvalue weighted by molar-refractivity contribution is 5.77. The second kappa shape index (κ2) is 6.73. The number of H-pyrrole nitrogens is 1. The van der Waals surface area contributed by atoms with Gasteiger partial charge in [0.15, 0.2) is 0 Å². The molecule has 120 valence electrons. The molecule has 6 heteroatoms. The summed E-state index contributed by atoms with van der Waals surface area (Å²) in [6, 6.07) is 7.36. The van der Waals surface area contributed by atoms with Crippen LogP contribution in [0.2, 0.25) is 0 Å². The summed E-state index contributed by atoms with van der Waals surface area (Å²) < 4.78 is 1.82. The predicted octanol–water partition coefficient (Wildman–Crippen LogP) is 2.66. The zero-order valence-electron chi connectivity index (χ0n) is 13.5. The molecule has 0 aliphatic heterocycles. The van der Waals surface area contributed by atoms with Gasteiger partial charge in [0.05, 0.1) is 16.6 Å². The van der Waals surface area contributed by atoms with Gasteiger partial charge >= 0.3 is 0 Å². The molecule has 23 heavy (non-hydrogen) atoms. The largest absolute Gasteiger partial charge is 0.310 e. The van der Waals surface area contributed by atoms with Crippen LogP contribution in [0.15, 0.2) is 35.3 Å². The highest BCUT2D eigenvalue weighted by Crippen LogP contribution is 2.17. The minimum absolute atomic E-state index is 0.0959. The summed E-state index contributed by atoms with van der Waals surface area (Å²) in [6.45, 7) is 4.98. The van der Waals surface area contributed by atoms with E-state index in [0.717, 1.165) is 24.1 Å². The Kier molecular flexibility index (Phi) is 4.50. The number of nitrogens with one attached hydrogen (secondary N) is 1. The summed E-state index contributed by atoms with van der Waals surface area (Å²) >= 11 is 0. The van der Waals surface area contributed by atoms with Crippen LogP contribution in [0.1, 0.15) is 44.1 Å². The molecule has 0 unspecified atom stereocenters. The number of benzene rings is 1. The average molecular weight is 311 g/mol. The van der Waals surface area contributed by atoms with Gasteiger partial charge in [0.25, 0.3) is 5.56 Å². The van der Waals surface area contributed by atoms with E-state index in [1.54, 1.807) is 6.07 Å². The summed E-state index contributed by atoms with van der Waals surface area (Å²) in [4.78, 5) is 19.4. The fourth-order valence-corrected chi connectivity index (χ4v) is 2.70. The fraction of sp³-hybridized carbons (Fsp3) is 0.412. The van der Waals surface area contributed by atoms with Crippen LogP contribution in [0.25, 0.3) is 10.9 Å². The molecule has 3 aromatic rings. The Bertz CT molecular complexity index is 851. The standard InChI is InChI=1S/C17H21N5O/c1-3-6-12(2)15-11-22(21-20-15)10-9-16-18-14-8-5-4-7-13(14)17(23)19-16/h4-5,7-8,11-12H,3,6,9-10H2,1-2H3,(H,18,19,23)/t12-/m1/s1. The molecule has 0 amide bonds. The van der Waals surface area contributed by atoms with Crippen LogP contribution in [-0.4, -0.2) is 25.0 Å². The molecule has 1 aromatic carbocycles. The van der Waals surface area contributed by atoms with Crippen molar-refractivity contribution in [3.63, 3.8) is 0 Å². The van der Waals surface area contributed by atoms with Crippen LogP contribution in [-0.2, 0) is 13.0 Å². The number of rotatable bonds is 6. The molecular weight excluding hydrogens is 290 g/mol. The van der Waals surface area contributed by atoms with Crippen molar-refractivity contribution in [2.75, 3.05) is 0 Å². The first-order chi connectivity index (χ1) is 11.2. The van der Waals surface area contributed by atoms with E-state index in [-0.39, 0.29) is 5.56 Å². The van der Waals surface area contributed by atoms with Crippen molar-refractivity contribution in [2.24, 2.45) is 0 Å². The number of hydrogen-bond donors (Lipinski definition) is 1. The number of para-hydroxylation sites is 1. The number of nitrogens with zero attached hydrogens (tertiary/aromatic N) is 4. The molecule has 2 heterocycles. The van der Waals surface area contributed by atoms with Gasteiger partial charge in [-0.15, -0.1) is 5.10 Å². The van der Waals surface area contributed by atoms with E-state index in [9.17, 15) is 4.79 Å². The highest BCUT2D eigenvalue weighted by atomic mass is 16.1. The Morgan fingerprint density at radius 3 is 2.96 bits per heavy atom. The Morgan fingerprint density at radius 2 is 2.13 bits per heavy atom. The van der Waals surface area contributed by atoms with Gasteiger partial charge in [0.2, 0.25) is 0 Å². The van der Waals surface area contributed by atoms with Crippen LogP contribution < -0.4 is 5.56 Å². The lowest BCUT2D eigenvalue weighted by Crippen LogP contribution is -2.14. The predicted molar refractivity (Wildman–Crippen MR) is 89.4 cm³/mol. The molecule has 0 fully saturated rings. The third-order valence-electron chi connectivity index (χ3n) is 4.02. The quantitative estimate of drug-likeness (QED) is 0.759. The summed E-state index contributed by atoms with van der Waals surface area (Å²) in [5, 5.41) is 9.02. The molecule has 0 aliphatic rings. The molecule has 0 aliphatic carbocycles. The molecule has 1 N–H and O–H groups in total. The topological polar surface area (TPSA) is 76.5 Å². The van der Waals surface area contributed by atoms with Crippen molar-refractivity contribution < 1.29 is 0 Å². The first kappa shape index (κ1) is 15.4. The zero-order chi connectivity index (χ0) is 16.2. The van der Waals surface area contributed by atoms with E-state index in [0.29, 0.717) is 30.1 Å². The van der Waals surface area contributed by atoms with Gasteiger partial charge in [0.1, 0.15) is 5.82 Å². The highest BCUT2D eigenvalue weighted by Gasteiger charge is 2.10. The van der Waals surface area contributed by atoms with Crippen molar-refractivity contribution in [3.8, 4) is 0 Å². The Morgan fingerprint density at radius 1 is 1.30 bits per heavy atom. The number of aryl methyl sites for hydroxylation is 2. The molecule has 6 nitrogen and oxygen atoms in total. The molecule has 0 radical (unpaired) electrons. The summed E-state index contributed by atoms with van der Waals surface area (Å²) in [7, 11) is 0.